The number of rotatable bonds is 10. The van der Waals surface area contributed by atoms with Crippen LogP contribution in [0.15, 0.2) is 4.99 Å². The fraction of sp³-hybridized carbons (Fsp3) is 0.938. The summed E-state index contributed by atoms with van der Waals surface area (Å²) in [5.74, 6) is 0.898. The van der Waals surface area contributed by atoms with Crippen LogP contribution in [0.1, 0.15) is 41.5 Å². The first kappa shape index (κ1) is 24.2. The van der Waals surface area contributed by atoms with E-state index in [1.54, 1.807) is 0 Å². The number of hydrogen-bond acceptors (Lipinski definition) is 3. The Morgan fingerprint density at radius 2 is 1.36 bits per heavy atom. The molecule has 0 atom stereocenters. The quantitative estimate of drug-likeness (QED) is 0.319. The predicted octanol–water partition coefficient (Wildman–Crippen LogP) is 2.23. The molecule has 0 spiro atoms. The molecule has 0 aromatic carbocycles. The number of guanidine groups is 1. The normalized spacial score (nSPS) is 12.2. The summed E-state index contributed by atoms with van der Waals surface area (Å²) in [5.41, 5.74) is 0. The van der Waals surface area contributed by atoms with Crippen LogP contribution in [0.25, 0.3) is 0 Å². The van der Waals surface area contributed by atoms with Gasteiger partial charge in [-0.2, -0.15) is 0 Å². The van der Waals surface area contributed by atoms with Gasteiger partial charge in [-0.3, -0.25) is 9.89 Å². The summed E-state index contributed by atoms with van der Waals surface area (Å²) >= 11 is 0. The van der Waals surface area contributed by atoms with Gasteiger partial charge in [0.15, 0.2) is 5.96 Å². The Labute approximate surface area is 155 Å². The molecule has 0 rings (SSSR count). The molecule has 5 nitrogen and oxygen atoms in total. The van der Waals surface area contributed by atoms with E-state index in [1.165, 1.54) is 0 Å². The molecule has 0 heterocycles. The maximum atomic E-state index is 4.28. The van der Waals surface area contributed by atoms with Crippen LogP contribution in [0.5, 0.6) is 0 Å². The zero-order valence-electron chi connectivity index (χ0n) is 15.6. The molecule has 6 heteroatoms. The summed E-state index contributed by atoms with van der Waals surface area (Å²) in [7, 11) is 1.83. The summed E-state index contributed by atoms with van der Waals surface area (Å²) < 4.78 is 0. The fourth-order valence-electron chi connectivity index (χ4n) is 2.51. The lowest BCUT2D eigenvalue weighted by Crippen LogP contribution is -2.46. The van der Waals surface area contributed by atoms with Gasteiger partial charge in [0.1, 0.15) is 0 Å². The van der Waals surface area contributed by atoms with Gasteiger partial charge in [0.2, 0.25) is 0 Å². The minimum absolute atomic E-state index is 0. The highest BCUT2D eigenvalue weighted by Crippen LogP contribution is 2.03. The van der Waals surface area contributed by atoms with Gasteiger partial charge in [0.25, 0.3) is 0 Å². The van der Waals surface area contributed by atoms with Crippen molar-refractivity contribution in [3.8, 4) is 0 Å². The fourth-order valence-corrected chi connectivity index (χ4v) is 2.51. The third-order valence-electron chi connectivity index (χ3n) is 3.83. The van der Waals surface area contributed by atoms with Gasteiger partial charge in [-0.15, -0.1) is 24.0 Å². The molecule has 0 radical (unpaired) electrons. The molecule has 0 aliphatic rings. The van der Waals surface area contributed by atoms with Crippen LogP contribution in [0.3, 0.4) is 0 Å². The van der Waals surface area contributed by atoms with E-state index >= 15 is 0 Å². The lowest BCUT2D eigenvalue weighted by Gasteiger charge is -2.30. The van der Waals surface area contributed by atoms with Crippen molar-refractivity contribution in [2.24, 2.45) is 4.99 Å². The third-order valence-corrected chi connectivity index (χ3v) is 3.83. The molecule has 22 heavy (non-hydrogen) atoms. The van der Waals surface area contributed by atoms with E-state index in [2.05, 4.69) is 67.0 Å². The Morgan fingerprint density at radius 1 is 0.909 bits per heavy atom. The Morgan fingerprint density at radius 3 is 1.73 bits per heavy atom. The van der Waals surface area contributed by atoms with Crippen molar-refractivity contribution in [3.05, 3.63) is 0 Å². The van der Waals surface area contributed by atoms with Gasteiger partial charge in [0.05, 0.1) is 0 Å². The van der Waals surface area contributed by atoms with Gasteiger partial charge in [0, 0.05) is 45.3 Å². The molecular weight excluding hydrogens is 389 g/mol. The zero-order valence-corrected chi connectivity index (χ0v) is 18.0. The van der Waals surface area contributed by atoms with Crippen LogP contribution < -0.4 is 10.6 Å². The average molecular weight is 427 g/mol. The largest absolute Gasteiger partial charge is 0.355 e. The number of aliphatic imine (C=N–C) groups is 1. The number of likely N-dealkylation sites (N-methyl/N-ethyl adjacent to an activating group) is 1. The topological polar surface area (TPSA) is 42.9 Å². The molecule has 0 unspecified atom stereocenters. The van der Waals surface area contributed by atoms with Crippen molar-refractivity contribution in [1.29, 1.82) is 0 Å². The number of nitrogens with one attached hydrogen (secondary N) is 2. The first-order valence-electron chi connectivity index (χ1n) is 8.38. The van der Waals surface area contributed by atoms with E-state index < -0.39 is 0 Å². The van der Waals surface area contributed by atoms with Gasteiger partial charge >= 0.3 is 0 Å². The van der Waals surface area contributed by atoms with Gasteiger partial charge in [-0.05, 0) is 40.8 Å². The Hall–Kier alpha value is -0.0800. The minimum Gasteiger partial charge on any atom is -0.355 e. The molecule has 0 amide bonds. The third kappa shape index (κ3) is 10.6. The molecule has 2 N–H and O–H groups in total. The first-order valence-corrected chi connectivity index (χ1v) is 8.38. The molecule has 0 aliphatic carbocycles. The highest BCUT2D eigenvalue weighted by molar-refractivity contribution is 14.0. The molecule has 0 aliphatic heterocycles. The van der Waals surface area contributed by atoms with Crippen LogP contribution in [-0.2, 0) is 0 Å². The molecule has 0 bridgehead atoms. The monoisotopic (exact) mass is 427 g/mol. The summed E-state index contributed by atoms with van der Waals surface area (Å²) in [6.45, 7) is 19.5. The second-order valence-electron chi connectivity index (χ2n) is 5.88. The number of hydrogen-bond donors (Lipinski definition) is 2. The Bertz CT molecular complexity index is 270. The van der Waals surface area contributed by atoms with Crippen LogP contribution in [0, 0.1) is 0 Å². The smallest absolute Gasteiger partial charge is 0.191 e. The molecule has 0 saturated carbocycles. The molecule has 0 aromatic heterocycles. The molecule has 0 fully saturated rings. The Balaban J connectivity index is 0. The number of halogens is 1. The summed E-state index contributed by atoms with van der Waals surface area (Å²) in [6.07, 6.45) is 0. The standard InChI is InChI=1S/C16H37N5.HI/c1-8-20(9-2)12-10-18-16(17-7)19-11-13-21(14(3)4)15(5)6;/h14-15H,8-13H2,1-7H3,(H2,17,18,19);1H. The van der Waals surface area contributed by atoms with Crippen molar-refractivity contribution in [1.82, 2.24) is 20.4 Å². The highest BCUT2D eigenvalue weighted by Gasteiger charge is 2.12. The van der Waals surface area contributed by atoms with E-state index in [0.717, 1.165) is 45.2 Å². The average Bonchev–Trinajstić information content (AvgIpc) is 2.44. The minimum atomic E-state index is 0. The van der Waals surface area contributed by atoms with Gasteiger partial charge in [-0.1, -0.05) is 13.8 Å². The van der Waals surface area contributed by atoms with Crippen molar-refractivity contribution in [3.63, 3.8) is 0 Å². The van der Waals surface area contributed by atoms with Crippen molar-refractivity contribution in [2.45, 2.75) is 53.6 Å². The molecule has 0 saturated heterocycles. The van der Waals surface area contributed by atoms with Gasteiger partial charge in [-0.25, -0.2) is 0 Å². The van der Waals surface area contributed by atoms with Crippen molar-refractivity contribution >= 4 is 29.9 Å². The maximum absolute atomic E-state index is 4.28. The Kier molecular flexibility index (Phi) is 15.9. The van der Waals surface area contributed by atoms with Gasteiger partial charge < -0.3 is 15.5 Å². The summed E-state index contributed by atoms with van der Waals surface area (Å²) in [5, 5.41) is 6.78. The van der Waals surface area contributed by atoms with E-state index in [4.69, 9.17) is 0 Å². The van der Waals surface area contributed by atoms with Crippen LogP contribution in [0.4, 0.5) is 0 Å². The second-order valence-corrected chi connectivity index (χ2v) is 5.88. The predicted molar refractivity (Wildman–Crippen MR) is 110 cm³/mol. The van der Waals surface area contributed by atoms with Crippen LogP contribution >= 0.6 is 24.0 Å². The number of nitrogens with zero attached hydrogens (tertiary/aromatic N) is 3. The van der Waals surface area contributed by atoms with E-state index in [9.17, 15) is 0 Å². The van der Waals surface area contributed by atoms with Crippen LogP contribution in [0.2, 0.25) is 0 Å². The lowest BCUT2D eigenvalue weighted by molar-refractivity contribution is 0.178. The second kappa shape index (κ2) is 14.5. The molecule has 0 aromatic rings. The lowest BCUT2D eigenvalue weighted by atomic mass is 10.2. The van der Waals surface area contributed by atoms with Crippen molar-refractivity contribution in [2.75, 3.05) is 46.3 Å². The van der Waals surface area contributed by atoms with E-state index in [1.807, 2.05) is 7.05 Å². The van der Waals surface area contributed by atoms with E-state index in [0.29, 0.717) is 12.1 Å². The molecular formula is C16H38IN5. The maximum Gasteiger partial charge on any atom is 0.191 e. The van der Waals surface area contributed by atoms with Crippen LogP contribution in [-0.4, -0.2) is 74.2 Å². The van der Waals surface area contributed by atoms with Crippen molar-refractivity contribution < 1.29 is 0 Å². The summed E-state index contributed by atoms with van der Waals surface area (Å²) in [4.78, 5) is 9.17. The summed E-state index contributed by atoms with van der Waals surface area (Å²) in [6, 6.07) is 1.15. The van der Waals surface area contributed by atoms with E-state index in [-0.39, 0.29) is 24.0 Å². The molecule has 134 valence electrons. The zero-order chi connectivity index (χ0) is 16.3. The SMILES string of the molecule is CCN(CC)CCNC(=NC)NCCN(C(C)C)C(C)C.I. The highest BCUT2D eigenvalue weighted by atomic mass is 127. The first-order chi connectivity index (χ1) is 9.96.